The van der Waals surface area contributed by atoms with Gasteiger partial charge in [-0.05, 0) is 38.1 Å². The van der Waals surface area contributed by atoms with Crippen molar-refractivity contribution in [3.05, 3.63) is 66.1 Å². The lowest BCUT2D eigenvalue weighted by molar-refractivity contribution is 0.209. The zero-order valence-electron chi connectivity index (χ0n) is 19.0. The molecule has 0 atom stereocenters. The van der Waals surface area contributed by atoms with E-state index in [2.05, 4.69) is 15.1 Å². The Morgan fingerprint density at radius 2 is 1.81 bits per heavy atom. The quantitative estimate of drug-likeness (QED) is 0.404. The minimum absolute atomic E-state index is 0.0157. The smallest absolute Gasteiger partial charge is 0.389 e. The molecule has 2 heterocycles. The van der Waals surface area contributed by atoms with Gasteiger partial charge in [0.05, 0.1) is 27.6 Å². The Kier molecular flexibility index (Phi) is 6.50. The Morgan fingerprint density at radius 1 is 1.11 bits per heavy atom. The van der Waals surface area contributed by atoms with E-state index in [0.717, 1.165) is 6.07 Å². The lowest BCUT2D eigenvalue weighted by atomic mass is 10.1. The monoisotopic (exact) mass is 507 g/mol. The number of hydrogen-bond donors (Lipinski definition) is 1. The summed E-state index contributed by atoms with van der Waals surface area (Å²) in [7, 11) is -3.45. The van der Waals surface area contributed by atoms with Crippen LogP contribution in [-0.4, -0.2) is 34.9 Å². The van der Waals surface area contributed by atoms with Crippen molar-refractivity contribution >= 4 is 15.9 Å². The number of carbonyl (C=O) groups excluding carboxylic acids is 1. The predicted molar refractivity (Wildman–Crippen MR) is 126 cm³/mol. The van der Waals surface area contributed by atoms with Gasteiger partial charge in [0, 0.05) is 17.2 Å². The number of sulfone groups is 1. The Labute approximate surface area is 205 Å². The highest BCUT2D eigenvalue weighted by Crippen LogP contribution is 2.33. The molecule has 4 rings (SSSR count). The van der Waals surface area contributed by atoms with E-state index in [9.17, 15) is 17.6 Å². The Bertz CT molecular complexity index is 1610. The number of benzene rings is 2. The van der Waals surface area contributed by atoms with Crippen LogP contribution >= 0.6 is 0 Å². The first-order valence-corrected chi connectivity index (χ1v) is 12.0. The normalized spacial score (nSPS) is 11.3. The average Bonchev–Trinajstić information content (AvgIpc) is 3.34. The fourth-order valence-corrected chi connectivity index (χ4v) is 4.28. The van der Waals surface area contributed by atoms with Gasteiger partial charge in [0.2, 0.25) is 0 Å². The lowest BCUT2D eigenvalue weighted by Crippen LogP contribution is -2.17. The third-order valence-electron chi connectivity index (χ3n) is 5.16. The first kappa shape index (κ1) is 24.5. The van der Waals surface area contributed by atoms with E-state index in [-0.39, 0.29) is 33.5 Å². The van der Waals surface area contributed by atoms with Crippen molar-refractivity contribution in [1.82, 2.24) is 15.1 Å². The van der Waals surface area contributed by atoms with E-state index in [1.165, 1.54) is 36.5 Å². The number of carbonyl (C=O) groups is 1. The Morgan fingerprint density at radius 3 is 2.42 bits per heavy atom. The highest BCUT2D eigenvalue weighted by atomic mass is 32.2. The number of halogens is 1. The molecular formula is C24H18FN5O5S. The topological polar surface area (TPSA) is 162 Å². The first-order valence-electron chi connectivity index (χ1n) is 10.5. The van der Waals surface area contributed by atoms with E-state index in [1.54, 1.807) is 32.0 Å². The van der Waals surface area contributed by atoms with Crippen LogP contribution in [0.5, 0.6) is 5.88 Å². The van der Waals surface area contributed by atoms with E-state index >= 15 is 0 Å². The second-order valence-corrected chi connectivity index (χ2v) is 10.3. The van der Waals surface area contributed by atoms with Crippen LogP contribution in [0.4, 0.5) is 9.18 Å². The number of hydrogen-bond acceptors (Lipinski definition) is 9. The molecule has 0 radical (unpaired) electrons. The van der Waals surface area contributed by atoms with Gasteiger partial charge in [0.1, 0.15) is 17.6 Å². The van der Waals surface area contributed by atoms with E-state index in [1.807, 2.05) is 0 Å². The molecule has 0 saturated heterocycles. The zero-order chi connectivity index (χ0) is 26.0. The van der Waals surface area contributed by atoms with Gasteiger partial charge in [-0.2, -0.15) is 5.26 Å². The molecule has 0 unspecified atom stereocenters. The predicted octanol–water partition coefficient (Wildman–Crippen LogP) is 4.12. The molecule has 10 nitrogen and oxygen atoms in total. The Balaban J connectivity index is 1.75. The summed E-state index contributed by atoms with van der Waals surface area (Å²) in [5.74, 6) is -0.930. The third-order valence-corrected chi connectivity index (χ3v) is 7.33. The van der Waals surface area contributed by atoms with Crippen LogP contribution in [0.15, 0.2) is 64.1 Å². The van der Waals surface area contributed by atoms with Gasteiger partial charge < -0.3 is 15.0 Å². The van der Waals surface area contributed by atoms with Gasteiger partial charge in [0.15, 0.2) is 21.3 Å². The molecule has 12 heteroatoms. The maximum Gasteiger partial charge on any atom is 0.411 e. The summed E-state index contributed by atoms with van der Waals surface area (Å²) in [4.78, 5) is 20.1. The molecule has 2 aromatic carbocycles. The summed E-state index contributed by atoms with van der Waals surface area (Å²) >= 11 is 0. The number of nitriles is 1. The second kappa shape index (κ2) is 9.55. The minimum Gasteiger partial charge on any atom is -0.389 e. The van der Waals surface area contributed by atoms with Crippen LogP contribution < -0.4 is 10.5 Å². The van der Waals surface area contributed by atoms with Gasteiger partial charge in [-0.15, -0.1) is 0 Å². The van der Waals surface area contributed by atoms with Crippen LogP contribution in [0.3, 0.4) is 0 Å². The van der Waals surface area contributed by atoms with Crippen molar-refractivity contribution in [2.24, 2.45) is 5.73 Å². The maximum absolute atomic E-state index is 14.0. The van der Waals surface area contributed by atoms with Crippen LogP contribution in [0.2, 0.25) is 0 Å². The van der Waals surface area contributed by atoms with Crippen molar-refractivity contribution in [1.29, 1.82) is 5.26 Å². The van der Waals surface area contributed by atoms with Crippen molar-refractivity contribution in [2.45, 2.75) is 24.0 Å². The number of rotatable bonds is 6. The van der Waals surface area contributed by atoms with Crippen LogP contribution in [0.1, 0.15) is 19.4 Å². The summed E-state index contributed by atoms with van der Waals surface area (Å²) in [6.45, 7) is 3.19. The SMILES string of the molecule is CC(C)S(=O)(=O)c1ccc(-c2cnc(OC(N)=O)c(-c3cc(-c4ccc(C#N)c(F)c4)no3)n2)cc1. The fourth-order valence-electron chi connectivity index (χ4n) is 3.22. The number of nitrogens with two attached hydrogens (primary N) is 1. The third kappa shape index (κ3) is 4.77. The molecule has 1 amide bonds. The summed E-state index contributed by atoms with van der Waals surface area (Å²) in [5, 5.41) is 12.2. The Hall–Kier alpha value is -4.63. The van der Waals surface area contributed by atoms with Crippen molar-refractivity contribution in [2.75, 3.05) is 0 Å². The second-order valence-electron chi connectivity index (χ2n) is 7.83. The van der Waals surface area contributed by atoms with E-state index in [4.69, 9.17) is 20.3 Å². The van der Waals surface area contributed by atoms with Gasteiger partial charge in [-0.1, -0.05) is 23.4 Å². The highest BCUT2D eigenvalue weighted by molar-refractivity contribution is 7.92. The molecular weight excluding hydrogens is 489 g/mol. The van der Waals surface area contributed by atoms with Crippen molar-refractivity contribution in [3.63, 3.8) is 0 Å². The lowest BCUT2D eigenvalue weighted by Gasteiger charge is -2.09. The van der Waals surface area contributed by atoms with Gasteiger partial charge >= 0.3 is 6.09 Å². The molecule has 2 aromatic heterocycles. The standard InChI is InChI=1S/C24H18FN5O5S/c1-13(2)36(32,33)17-7-5-14(6-8-17)20-12-28-23(34-24(27)31)22(29-20)21-10-19(30-35-21)15-3-4-16(11-26)18(25)9-15/h3-10,12-13H,1-2H3,(H2,27,31). The largest absolute Gasteiger partial charge is 0.411 e. The highest BCUT2D eigenvalue weighted by Gasteiger charge is 2.22. The van der Waals surface area contributed by atoms with Crippen LogP contribution in [0.25, 0.3) is 34.0 Å². The van der Waals surface area contributed by atoms with Crippen LogP contribution in [-0.2, 0) is 9.84 Å². The van der Waals surface area contributed by atoms with Crippen molar-refractivity contribution < 1.29 is 26.9 Å². The number of primary amides is 1. The number of ether oxygens (including phenoxy) is 1. The average molecular weight is 508 g/mol. The summed E-state index contributed by atoms with van der Waals surface area (Å²) in [5.41, 5.74) is 6.43. The zero-order valence-corrected chi connectivity index (χ0v) is 19.8. The fraction of sp³-hybridized carbons (Fsp3) is 0.125. The van der Waals surface area contributed by atoms with E-state index < -0.39 is 27.0 Å². The van der Waals surface area contributed by atoms with Crippen molar-refractivity contribution in [3.8, 4) is 45.9 Å². The molecule has 0 spiro atoms. The summed E-state index contributed by atoms with van der Waals surface area (Å²) < 4.78 is 49.1. The molecule has 2 N–H and O–H groups in total. The maximum atomic E-state index is 14.0. The number of aromatic nitrogens is 3. The number of amides is 1. The van der Waals surface area contributed by atoms with Gasteiger partial charge in [-0.3, -0.25) is 0 Å². The molecule has 0 aliphatic rings. The molecule has 0 bridgehead atoms. The van der Waals surface area contributed by atoms with Gasteiger partial charge in [-0.25, -0.2) is 27.6 Å². The molecule has 36 heavy (non-hydrogen) atoms. The number of nitrogens with zero attached hydrogens (tertiary/aromatic N) is 4. The molecule has 0 aliphatic heterocycles. The minimum atomic E-state index is -3.45. The van der Waals surface area contributed by atoms with Crippen LogP contribution in [0, 0.1) is 17.1 Å². The summed E-state index contributed by atoms with van der Waals surface area (Å²) in [6, 6.07) is 13.2. The molecule has 0 fully saturated rings. The first-order chi connectivity index (χ1) is 17.1. The van der Waals surface area contributed by atoms with Gasteiger partial charge in [0.25, 0.3) is 5.88 Å². The molecule has 182 valence electrons. The molecule has 0 aliphatic carbocycles. The summed E-state index contributed by atoms with van der Waals surface area (Å²) in [6.07, 6.45) is 0.191. The molecule has 0 saturated carbocycles. The molecule has 4 aromatic rings. The van der Waals surface area contributed by atoms with E-state index in [0.29, 0.717) is 16.8 Å².